The molecule has 196 valence electrons. The highest BCUT2D eigenvalue weighted by Crippen LogP contribution is 2.36. The van der Waals surface area contributed by atoms with Crippen molar-refractivity contribution in [2.24, 2.45) is 0 Å². The van der Waals surface area contributed by atoms with Gasteiger partial charge in [0.25, 0.3) is 0 Å². The maximum Gasteiger partial charge on any atom is 0.238 e. The molecule has 0 fully saturated rings. The van der Waals surface area contributed by atoms with Crippen molar-refractivity contribution in [3.05, 3.63) is 133 Å². The molecule has 5 heteroatoms. The van der Waals surface area contributed by atoms with Crippen LogP contribution in [0.2, 0.25) is 0 Å². The quantitative estimate of drug-likeness (QED) is 0.225. The highest BCUT2D eigenvalue weighted by atomic mass is 16.3. The Kier molecular flexibility index (Phi) is 4.83. The number of fused-ring (bicyclic) bond motifs is 7. The Morgan fingerprint density at radius 3 is 1.95 bits per heavy atom. The van der Waals surface area contributed by atoms with E-state index in [1.165, 1.54) is 10.8 Å². The topological polar surface area (TPSA) is 56.7 Å². The molecule has 0 N–H and O–H groups in total. The van der Waals surface area contributed by atoms with Gasteiger partial charge in [0.1, 0.15) is 11.2 Å². The summed E-state index contributed by atoms with van der Waals surface area (Å²) < 4.78 is 8.37. The Morgan fingerprint density at radius 2 is 1.10 bits per heavy atom. The van der Waals surface area contributed by atoms with Gasteiger partial charge < -0.3 is 4.42 Å². The fourth-order valence-electron chi connectivity index (χ4n) is 6.05. The second kappa shape index (κ2) is 8.85. The highest BCUT2D eigenvalue weighted by Gasteiger charge is 2.19. The van der Waals surface area contributed by atoms with Crippen molar-refractivity contribution >= 4 is 54.5 Å². The van der Waals surface area contributed by atoms with E-state index in [2.05, 4.69) is 83.4 Å². The summed E-state index contributed by atoms with van der Waals surface area (Å²) >= 11 is 0. The molecule has 3 aromatic heterocycles. The molecule has 0 aliphatic carbocycles. The van der Waals surface area contributed by atoms with E-state index < -0.39 is 0 Å². The largest absolute Gasteiger partial charge is 0.456 e. The van der Waals surface area contributed by atoms with Crippen LogP contribution >= 0.6 is 0 Å². The lowest BCUT2D eigenvalue weighted by Crippen LogP contribution is -2.06. The molecule has 0 aliphatic rings. The van der Waals surface area contributed by atoms with Crippen molar-refractivity contribution in [1.82, 2.24) is 19.5 Å². The first kappa shape index (κ1) is 22.9. The fourth-order valence-corrected chi connectivity index (χ4v) is 6.05. The van der Waals surface area contributed by atoms with Crippen LogP contribution in [-0.4, -0.2) is 19.5 Å². The van der Waals surface area contributed by atoms with Crippen LogP contribution in [0.15, 0.2) is 138 Å². The molecule has 0 aliphatic heterocycles. The predicted molar refractivity (Wildman–Crippen MR) is 170 cm³/mol. The number of benzene rings is 6. The van der Waals surface area contributed by atoms with Crippen LogP contribution in [-0.2, 0) is 0 Å². The van der Waals surface area contributed by atoms with Gasteiger partial charge in [0.05, 0.1) is 11.0 Å². The van der Waals surface area contributed by atoms with Gasteiger partial charge in [-0.3, -0.25) is 4.57 Å². The molecule has 0 radical (unpaired) electrons. The first-order valence-electron chi connectivity index (χ1n) is 14.0. The number of hydrogen-bond donors (Lipinski definition) is 0. The third-order valence-electron chi connectivity index (χ3n) is 8.03. The molecule has 6 aromatic carbocycles. The lowest BCUT2D eigenvalue weighted by Gasteiger charge is -2.11. The van der Waals surface area contributed by atoms with Crippen molar-refractivity contribution in [2.75, 3.05) is 0 Å². The highest BCUT2D eigenvalue weighted by molar-refractivity contribution is 6.13. The fraction of sp³-hybridized carbons (Fsp3) is 0. The molecular weight excluding hydrogens is 516 g/mol. The van der Waals surface area contributed by atoms with E-state index in [1.54, 1.807) is 0 Å². The van der Waals surface area contributed by atoms with Crippen LogP contribution < -0.4 is 0 Å². The Balaban J connectivity index is 1.34. The van der Waals surface area contributed by atoms with Crippen molar-refractivity contribution in [2.45, 2.75) is 0 Å². The molecule has 0 bridgehead atoms. The van der Waals surface area contributed by atoms with Gasteiger partial charge in [-0.25, -0.2) is 4.98 Å². The van der Waals surface area contributed by atoms with Gasteiger partial charge in [0.15, 0.2) is 11.6 Å². The summed E-state index contributed by atoms with van der Waals surface area (Å²) in [6.45, 7) is 0. The van der Waals surface area contributed by atoms with E-state index in [0.717, 1.165) is 54.9 Å². The van der Waals surface area contributed by atoms with Gasteiger partial charge in [-0.1, -0.05) is 97.1 Å². The minimum atomic E-state index is 0.574. The average Bonchev–Trinajstić information content (AvgIpc) is 3.58. The van der Waals surface area contributed by atoms with Gasteiger partial charge >= 0.3 is 0 Å². The van der Waals surface area contributed by atoms with Crippen LogP contribution in [0.1, 0.15) is 0 Å². The van der Waals surface area contributed by atoms with E-state index >= 15 is 0 Å². The molecule has 3 heterocycles. The van der Waals surface area contributed by atoms with Crippen molar-refractivity contribution in [1.29, 1.82) is 0 Å². The second-order valence-corrected chi connectivity index (χ2v) is 10.5. The molecule has 0 saturated carbocycles. The molecule has 9 aromatic rings. The van der Waals surface area contributed by atoms with E-state index in [0.29, 0.717) is 17.6 Å². The Bertz CT molecular complexity index is 2470. The van der Waals surface area contributed by atoms with Gasteiger partial charge in [0.2, 0.25) is 5.95 Å². The van der Waals surface area contributed by atoms with E-state index in [-0.39, 0.29) is 0 Å². The van der Waals surface area contributed by atoms with Gasteiger partial charge in [-0.15, -0.1) is 0 Å². The maximum absolute atomic E-state index is 6.21. The molecule has 0 amide bonds. The summed E-state index contributed by atoms with van der Waals surface area (Å²) in [7, 11) is 0. The van der Waals surface area contributed by atoms with Gasteiger partial charge in [0, 0.05) is 32.7 Å². The van der Waals surface area contributed by atoms with E-state index in [1.807, 2.05) is 54.6 Å². The minimum absolute atomic E-state index is 0.574. The lowest BCUT2D eigenvalue weighted by molar-refractivity contribution is 0.669. The van der Waals surface area contributed by atoms with E-state index in [4.69, 9.17) is 19.4 Å². The third-order valence-corrected chi connectivity index (χ3v) is 8.03. The Hall–Kier alpha value is -5.81. The number of rotatable bonds is 3. The normalized spacial score (nSPS) is 11.8. The summed E-state index contributed by atoms with van der Waals surface area (Å²) in [4.78, 5) is 15.2. The Morgan fingerprint density at radius 1 is 0.429 bits per heavy atom. The molecule has 0 atom stereocenters. The zero-order chi connectivity index (χ0) is 27.6. The minimum Gasteiger partial charge on any atom is -0.456 e. The summed E-state index contributed by atoms with van der Waals surface area (Å²) in [5.41, 5.74) is 5.57. The Labute approximate surface area is 240 Å². The summed E-state index contributed by atoms with van der Waals surface area (Å²) in [5.74, 6) is 1.78. The van der Waals surface area contributed by atoms with Gasteiger partial charge in [-0.2, -0.15) is 9.97 Å². The molecule has 42 heavy (non-hydrogen) atoms. The van der Waals surface area contributed by atoms with E-state index in [9.17, 15) is 0 Å². The summed E-state index contributed by atoms with van der Waals surface area (Å²) in [5, 5.41) is 6.86. The molecular formula is C37H22N4O. The van der Waals surface area contributed by atoms with Crippen molar-refractivity contribution in [3.63, 3.8) is 0 Å². The molecule has 0 spiro atoms. The van der Waals surface area contributed by atoms with Crippen LogP contribution in [0, 0.1) is 0 Å². The second-order valence-electron chi connectivity index (χ2n) is 10.5. The number of para-hydroxylation sites is 2. The zero-order valence-electron chi connectivity index (χ0n) is 22.4. The van der Waals surface area contributed by atoms with Crippen LogP contribution in [0.3, 0.4) is 0 Å². The SMILES string of the molecule is c1ccc(-c2nc(-c3ccc4c(c3)oc3ccccc34)nc(-n3c4ccccc4c4cc5ccccc5cc43)n2)cc1. The monoisotopic (exact) mass is 538 g/mol. The number of hydrogen-bond acceptors (Lipinski definition) is 4. The maximum atomic E-state index is 6.21. The van der Waals surface area contributed by atoms with Crippen LogP contribution in [0.5, 0.6) is 0 Å². The number of aromatic nitrogens is 4. The zero-order valence-corrected chi connectivity index (χ0v) is 22.4. The number of furan rings is 1. The van der Waals surface area contributed by atoms with Crippen LogP contribution in [0.4, 0.5) is 0 Å². The lowest BCUT2D eigenvalue weighted by atomic mass is 10.1. The predicted octanol–water partition coefficient (Wildman–Crippen LogP) is 9.36. The summed E-state index contributed by atoms with van der Waals surface area (Å²) in [6.07, 6.45) is 0. The standard InChI is InChI=1S/C37H22N4O/c1-2-10-23(11-3-1)35-38-36(26-18-19-29-28-15-7-9-17-33(28)42-34(29)22-26)40-37(39-35)41-31-16-8-6-14-27(31)30-20-24-12-4-5-13-25(24)21-32(30)41/h1-22H. The first-order chi connectivity index (χ1) is 20.8. The van der Waals surface area contributed by atoms with Crippen molar-refractivity contribution in [3.8, 4) is 28.7 Å². The third kappa shape index (κ3) is 3.47. The molecule has 5 nitrogen and oxygen atoms in total. The average molecular weight is 539 g/mol. The van der Waals surface area contributed by atoms with Crippen molar-refractivity contribution < 1.29 is 4.42 Å². The molecule has 0 saturated heterocycles. The summed E-state index contributed by atoms with van der Waals surface area (Å²) in [6, 6.07) is 45.8. The molecule has 0 unspecified atom stereocenters. The molecule has 9 rings (SSSR count). The van der Waals surface area contributed by atoms with Crippen LogP contribution in [0.25, 0.3) is 83.2 Å². The number of nitrogens with zero attached hydrogens (tertiary/aromatic N) is 4. The van der Waals surface area contributed by atoms with Gasteiger partial charge in [-0.05, 0) is 47.2 Å². The first-order valence-corrected chi connectivity index (χ1v) is 14.0. The smallest absolute Gasteiger partial charge is 0.238 e.